The second-order valence-electron chi connectivity index (χ2n) is 8.01. The lowest BCUT2D eigenvalue weighted by Crippen LogP contribution is -2.44. The van der Waals surface area contributed by atoms with E-state index in [1.54, 1.807) is 4.90 Å². The molecular formula is C23H27NO3. The molecule has 1 heterocycles. The van der Waals surface area contributed by atoms with Crippen LogP contribution in [0.5, 0.6) is 0 Å². The second kappa shape index (κ2) is 7.43. The summed E-state index contributed by atoms with van der Waals surface area (Å²) in [4.78, 5) is 27.5. The maximum Gasteiger partial charge on any atom is 0.248 e. The topological polar surface area (TPSA) is 46.6 Å². The van der Waals surface area contributed by atoms with Crippen molar-refractivity contribution in [1.82, 2.24) is 4.90 Å². The van der Waals surface area contributed by atoms with E-state index in [2.05, 4.69) is 24.3 Å². The van der Waals surface area contributed by atoms with Gasteiger partial charge in [0.25, 0.3) is 0 Å². The fraction of sp³-hybridized carbons (Fsp3) is 0.478. The van der Waals surface area contributed by atoms with E-state index in [1.165, 1.54) is 16.5 Å². The number of hydrogen-bond donors (Lipinski definition) is 0. The van der Waals surface area contributed by atoms with E-state index in [4.69, 9.17) is 4.74 Å². The number of rotatable bonds is 5. The first-order valence-electron chi connectivity index (χ1n) is 10.0. The van der Waals surface area contributed by atoms with E-state index in [-0.39, 0.29) is 30.3 Å². The predicted octanol–water partition coefficient (Wildman–Crippen LogP) is 3.78. The van der Waals surface area contributed by atoms with Crippen LogP contribution in [-0.2, 0) is 22.4 Å². The van der Waals surface area contributed by atoms with Crippen molar-refractivity contribution in [3.05, 3.63) is 47.0 Å². The van der Waals surface area contributed by atoms with E-state index in [9.17, 15) is 9.59 Å². The molecule has 4 heteroatoms. The lowest BCUT2D eigenvalue weighted by Gasteiger charge is -2.32. The Bertz CT molecular complexity index is 876. The number of carbonyl (C=O) groups is 2. The number of ether oxygens (including phenoxy) is 1. The zero-order valence-corrected chi connectivity index (χ0v) is 16.2. The third-order valence-corrected chi connectivity index (χ3v) is 5.83. The van der Waals surface area contributed by atoms with Crippen LogP contribution in [0.3, 0.4) is 0 Å². The molecule has 27 heavy (non-hydrogen) atoms. The van der Waals surface area contributed by atoms with Crippen molar-refractivity contribution in [2.45, 2.75) is 45.6 Å². The molecule has 0 N–H and O–H groups in total. The molecule has 0 aromatic heterocycles. The van der Waals surface area contributed by atoms with Crippen molar-refractivity contribution in [2.75, 3.05) is 19.7 Å². The summed E-state index contributed by atoms with van der Waals surface area (Å²) in [5.41, 5.74) is 3.52. The highest BCUT2D eigenvalue weighted by Gasteiger charge is 2.30. The van der Waals surface area contributed by atoms with Crippen LogP contribution in [0.15, 0.2) is 30.3 Å². The van der Waals surface area contributed by atoms with Gasteiger partial charge in [-0.2, -0.15) is 0 Å². The average Bonchev–Trinajstić information content (AvgIpc) is 3.11. The summed E-state index contributed by atoms with van der Waals surface area (Å²) in [6.45, 7) is 5.16. The van der Waals surface area contributed by atoms with Crippen LogP contribution in [0.4, 0.5) is 0 Å². The largest absolute Gasteiger partial charge is 0.369 e. The normalized spacial score (nSPS) is 19.1. The summed E-state index contributed by atoms with van der Waals surface area (Å²) < 4.78 is 5.45. The van der Waals surface area contributed by atoms with Gasteiger partial charge in [0.05, 0.1) is 6.10 Å². The van der Waals surface area contributed by atoms with E-state index in [1.807, 2.05) is 19.9 Å². The maximum atomic E-state index is 13.3. The fourth-order valence-corrected chi connectivity index (χ4v) is 4.43. The minimum atomic E-state index is -0.125. The quantitative estimate of drug-likeness (QED) is 0.758. The molecule has 1 aliphatic heterocycles. The molecule has 0 radical (unpaired) electrons. The highest BCUT2D eigenvalue weighted by molar-refractivity contribution is 6.11. The van der Waals surface area contributed by atoms with Crippen molar-refractivity contribution < 1.29 is 14.3 Å². The van der Waals surface area contributed by atoms with Crippen LogP contribution in [-0.4, -0.2) is 42.4 Å². The van der Waals surface area contributed by atoms with Gasteiger partial charge in [-0.25, -0.2) is 0 Å². The summed E-state index contributed by atoms with van der Waals surface area (Å²) in [5, 5.41) is 2.36. The molecular weight excluding hydrogens is 338 g/mol. The predicted molar refractivity (Wildman–Crippen MR) is 106 cm³/mol. The van der Waals surface area contributed by atoms with Gasteiger partial charge < -0.3 is 9.64 Å². The summed E-state index contributed by atoms with van der Waals surface area (Å²) in [6.07, 6.45) is 3.86. The Labute approximate surface area is 160 Å². The van der Waals surface area contributed by atoms with Crippen molar-refractivity contribution in [3.63, 3.8) is 0 Å². The zero-order chi connectivity index (χ0) is 19.0. The SMILES string of the molecule is CC(C)OCC(=O)N1CCC[C@H](C(=O)c2ccc3c4c(cccc24)CC3)C1. The Morgan fingerprint density at radius 1 is 1.15 bits per heavy atom. The first kappa shape index (κ1) is 18.2. The van der Waals surface area contributed by atoms with Crippen LogP contribution >= 0.6 is 0 Å². The molecule has 2 aliphatic rings. The van der Waals surface area contributed by atoms with Crippen molar-refractivity contribution in [3.8, 4) is 0 Å². The van der Waals surface area contributed by atoms with Gasteiger partial charge in [-0.15, -0.1) is 0 Å². The number of hydrogen-bond acceptors (Lipinski definition) is 3. The lowest BCUT2D eigenvalue weighted by atomic mass is 9.87. The number of carbonyl (C=O) groups excluding carboxylic acids is 2. The van der Waals surface area contributed by atoms with Crippen molar-refractivity contribution in [1.29, 1.82) is 0 Å². The number of likely N-dealkylation sites (tertiary alicyclic amines) is 1. The molecule has 0 spiro atoms. The first-order valence-corrected chi connectivity index (χ1v) is 10.0. The lowest BCUT2D eigenvalue weighted by molar-refractivity contribution is -0.139. The minimum absolute atomic E-state index is 0.0124. The Kier molecular flexibility index (Phi) is 5.00. The molecule has 142 valence electrons. The Morgan fingerprint density at radius 2 is 1.93 bits per heavy atom. The van der Waals surface area contributed by atoms with Gasteiger partial charge in [0.1, 0.15) is 6.61 Å². The van der Waals surface area contributed by atoms with E-state index in [0.29, 0.717) is 13.1 Å². The number of Topliss-reactive ketones (excluding diaryl/α,β-unsaturated/α-hetero) is 1. The summed E-state index contributed by atoms with van der Waals surface area (Å²) in [5.74, 6) is 0.0368. The van der Waals surface area contributed by atoms with Gasteiger partial charge >= 0.3 is 0 Å². The minimum Gasteiger partial charge on any atom is -0.369 e. The smallest absolute Gasteiger partial charge is 0.248 e. The van der Waals surface area contributed by atoms with Crippen molar-refractivity contribution >= 4 is 22.5 Å². The third-order valence-electron chi connectivity index (χ3n) is 5.83. The van der Waals surface area contributed by atoms with Crippen LogP contribution < -0.4 is 0 Å². The number of amides is 1. The van der Waals surface area contributed by atoms with Gasteiger partial charge in [-0.05, 0) is 61.4 Å². The molecule has 4 rings (SSSR count). The van der Waals surface area contributed by atoms with Crippen LogP contribution in [0.25, 0.3) is 10.8 Å². The van der Waals surface area contributed by atoms with Crippen LogP contribution in [0.1, 0.15) is 48.2 Å². The summed E-state index contributed by atoms with van der Waals surface area (Å²) in [7, 11) is 0. The molecule has 0 bridgehead atoms. The number of ketones is 1. The highest BCUT2D eigenvalue weighted by Crippen LogP contribution is 2.34. The Balaban J connectivity index is 1.55. The number of nitrogens with zero attached hydrogens (tertiary/aromatic N) is 1. The molecule has 4 nitrogen and oxygen atoms in total. The van der Waals surface area contributed by atoms with Gasteiger partial charge in [0.15, 0.2) is 5.78 Å². The molecule has 1 atom stereocenters. The molecule has 0 unspecified atom stereocenters. The van der Waals surface area contributed by atoms with E-state index < -0.39 is 0 Å². The highest BCUT2D eigenvalue weighted by atomic mass is 16.5. The molecule has 2 aromatic rings. The standard InChI is InChI=1S/C23H27NO3/c1-15(2)27-14-21(25)24-12-4-6-18(13-24)23(26)20-11-10-17-9-8-16-5-3-7-19(20)22(16)17/h3,5,7,10-11,15,18H,4,6,8-9,12-14H2,1-2H3/t18-/m0/s1. The molecule has 1 saturated heterocycles. The van der Waals surface area contributed by atoms with Crippen LogP contribution in [0.2, 0.25) is 0 Å². The molecule has 1 fully saturated rings. The average molecular weight is 365 g/mol. The number of piperidine rings is 1. The Morgan fingerprint density at radius 3 is 2.70 bits per heavy atom. The fourth-order valence-electron chi connectivity index (χ4n) is 4.43. The van der Waals surface area contributed by atoms with Gasteiger partial charge in [-0.3, -0.25) is 9.59 Å². The molecule has 0 saturated carbocycles. The first-order chi connectivity index (χ1) is 13.0. The number of aryl methyl sites for hydroxylation is 2. The van der Waals surface area contributed by atoms with Crippen molar-refractivity contribution in [2.24, 2.45) is 5.92 Å². The summed E-state index contributed by atoms with van der Waals surface area (Å²) in [6, 6.07) is 10.4. The molecule has 2 aromatic carbocycles. The number of benzene rings is 2. The third kappa shape index (κ3) is 3.51. The van der Waals surface area contributed by atoms with Gasteiger partial charge in [0, 0.05) is 24.6 Å². The summed E-state index contributed by atoms with van der Waals surface area (Å²) >= 11 is 0. The van der Waals surface area contributed by atoms with E-state index >= 15 is 0 Å². The Hall–Kier alpha value is -2.20. The van der Waals surface area contributed by atoms with Gasteiger partial charge in [0.2, 0.25) is 5.91 Å². The van der Waals surface area contributed by atoms with E-state index in [0.717, 1.165) is 36.6 Å². The van der Waals surface area contributed by atoms with Gasteiger partial charge in [-0.1, -0.05) is 30.3 Å². The van der Waals surface area contributed by atoms with Crippen LogP contribution in [0, 0.1) is 5.92 Å². The zero-order valence-electron chi connectivity index (χ0n) is 16.2. The maximum absolute atomic E-state index is 13.3. The molecule has 1 aliphatic carbocycles. The molecule has 1 amide bonds. The second-order valence-corrected chi connectivity index (χ2v) is 8.01. The monoisotopic (exact) mass is 365 g/mol.